The highest BCUT2D eigenvalue weighted by atomic mass is 32.2. The molecule has 1 fully saturated rings. The molecule has 1 aliphatic rings. The van der Waals surface area contributed by atoms with Gasteiger partial charge < -0.3 is 14.4 Å². The molecular weight excluding hydrogens is 577 g/mol. The maximum absolute atomic E-state index is 13.3. The minimum Gasteiger partial charge on any atom is -0.484 e. The number of anilines is 1. The van der Waals surface area contributed by atoms with Crippen LogP contribution in [-0.4, -0.2) is 70.8 Å². The summed E-state index contributed by atoms with van der Waals surface area (Å²) in [4.78, 5) is 26.4. The molecule has 1 aliphatic heterocycles. The van der Waals surface area contributed by atoms with Crippen LogP contribution in [0.5, 0.6) is 5.75 Å². The molecule has 42 heavy (non-hydrogen) atoms. The lowest BCUT2D eigenvalue weighted by atomic mass is 10.2. The van der Waals surface area contributed by atoms with E-state index in [0.717, 1.165) is 12.1 Å². The summed E-state index contributed by atoms with van der Waals surface area (Å²) >= 11 is 0. The van der Waals surface area contributed by atoms with Crippen LogP contribution in [0.3, 0.4) is 0 Å². The number of alkyl halides is 3. The molecule has 0 aliphatic carbocycles. The van der Waals surface area contributed by atoms with Crippen LogP contribution in [0.1, 0.15) is 11.1 Å². The van der Waals surface area contributed by atoms with Crippen molar-refractivity contribution in [3.05, 3.63) is 90.0 Å². The van der Waals surface area contributed by atoms with E-state index in [1.54, 1.807) is 35.2 Å². The Labute approximate surface area is 240 Å². The number of hydrogen-bond acceptors (Lipinski definition) is 7. The number of nitrogens with zero attached hydrogens (tertiary/aromatic N) is 3. The maximum Gasteiger partial charge on any atom is 0.416 e. The molecule has 0 aromatic heterocycles. The fourth-order valence-electron chi connectivity index (χ4n) is 3.92. The number of ether oxygens (including phenoxy) is 2. The predicted molar refractivity (Wildman–Crippen MR) is 147 cm³/mol. The van der Waals surface area contributed by atoms with Gasteiger partial charge in [-0.05, 0) is 60.2 Å². The number of benzene rings is 3. The molecule has 1 heterocycles. The SMILES string of the molecule is O=C(CN(c1cccc(C(F)(F)F)c1)S(=O)(=O)c1ccccc1)N/N=C\c1ccc(OCC(=O)N2CCOCC2)cc1. The lowest BCUT2D eigenvalue weighted by Crippen LogP contribution is -2.42. The molecule has 0 unspecified atom stereocenters. The highest BCUT2D eigenvalue weighted by molar-refractivity contribution is 7.92. The van der Waals surface area contributed by atoms with Crippen molar-refractivity contribution < 1.29 is 40.7 Å². The molecule has 14 heteroatoms. The summed E-state index contributed by atoms with van der Waals surface area (Å²) in [6, 6.07) is 17.2. The largest absolute Gasteiger partial charge is 0.484 e. The van der Waals surface area contributed by atoms with E-state index in [4.69, 9.17) is 9.47 Å². The molecule has 3 aromatic rings. The Bertz CT molecular complexity index is 1510. The first-order valence-corrected chi connectivity index (χ1v) is 14.1. The summed E-state index contributed by atoms with van der Waals surface area (Å²) in [5.74, 6) is -0.592. The average molecular weight is 605 g/mol. The third-order valence-electron chi connectivity index (χ3n) is 6.09. The van der Waals surface area contributed by atoms with Crippen molar-refractivity contribution in [2.45, 2.75) is 11.1 Å². The first-order valence-electron chi connectivity index (χ1n) is 12.7. The highest BCUT2D eigenvalue weighted by Gasteiger charge is 2.33. The number of rotatable bonds is 10. The molecular formula is C28H27F3N4O6S. The van der Waals surface area contributed by atoms with E-state index in [1.807, 2.05) is 0 Å². The minimum absolute atomic E-state index is 0.127. The van der Waals surface area contributed by atoms with Crippen molar-refractivity contribution in [3.8, 4) is 5.75 Å². The summed E-state index contributed by atoms with van der Waals surface area (Å²) in [5.41, 5.74) is 1.35. The highest BCUT2D eigenvalue weighted by Crippen LogP contribution is 2.33. The zero-order chi connectivity index (χ0) is 30.2. The number of halogens is 3. The monoisotopic (exact) mass is 604 g/mol. The molecule has 10 nitrogen and oxygen atoms in total. The van der Waals surface area contributed by atoms with E-state index >= 15 is 0 Å². The third kappa shape index (κ3) is 8.07. The van der Waals surface area contributed by atoms with E-state index in [2.05, 4.69) is 10.5 Å². The van der Waals surface area contributed by atoms with Crippen LogP contribution in [0.2, 0.25) is 0 Å². The summed E-state index contributed by atoms with van der Waals surface area (Å²) in [6.07, 6.45) is -3.43. The van der Waals surface area contributed by atoms with Crippen LogP contribution < -0.4 is 14.5 Å². The van der Waals surface area contributed by atoms with Crippen molar-refractivity contribution in [3.63, 3.8) is 0 Å². The number of nitrogens with one attached hydrogen (secondary N) is 1. The van der Waals surface area contributed by atoms with Gasteiger partial charge in [0.1, 0.15) is 12.3 Å². The van der Waals surface area contributed by atoms with Gasteiger partial charge in [-0.15, -0.1) is 0 Å². The lowest BCUT2D eigenvalue weighted by Gasteiger charge is -2.26. The first-order chi connectivity index (χ1) is 20.0. The Kier molecular flexibility index (Phi) is 9.80. The number of morpholine rings is 1. The van der Waals surface area contributed by atoms with Gasteiger partial charge in [0.25, 0.3) is 21.8 Å². The number of hydrazone groups is 1. The van der Waals surface area contributed by atoms with E-state index in [0.29, 0.717) is 48.0 Å². The van der Waals surface area contributed by atoms with Gasteiger partial charge in [-0.3, -0.25) is 13.9 Å². The second-order valence-corrected chi connectivity index (χ2v) is 10.9. The van der Waals surface area contributed by atoms with Crippen LogP contribution >= 0.6 is 0 Å². The molecule has 0 radical (unpaired) electrons. The average Bonchev–Trinajstić information content (AvgIpc) is 2.99. The van der Waals surface area contributed by atoms with Crippen LogP contribution in [0.4, 0.5) is 18.9 Å². The van der Waals surface area contributed by atoms with E-state index in [1.165, 1.54) is 36.5 Å². The Morgan fingerprint density at radius 3 is 2.36 bits per heavy atom. The van der Waals surface area contributed by atoms with Gasteiger partial charge in [0.05, 0.1) is 35.6 Å². The zero-order valence-corrected chi connectivity index (χ0v) is 23.0. The molecule has 0 bridgehead atoms. The Morgan fingerprint density at radius 2 is 1.69 bits per heavy atom. The van der Waals surface area contributed by atoms with Gasteiger partial charge in [0, 0.05) is 13.1 Å². The van der Waals surface area contributed by atoms with Gasteiger partial charge in [-0.1, -0.05) is 24.3 Å². The van der Waals surface area contributed by atoms with Crippen LogP contribution in [0.25, 0.3) is 0 Å². The molecule has 1 saturated heterocycles. The van der Waals surface area contributed by atoms with E-state index < -0.39 is 34.2 Å². The number of sulfonamides is 1. The fraction of sp³-hybridized carbons (Fsp3) is 0.250. The summed E-state index contributed by atoms with van der Waals surface area (Å²) < 4.78 is 78.0. The van der Waals surface area contributed by atoms with Gasteiger partial charge in [-0.2, -0.15) is 18.3 Å². The van der Waals surface area contributed by atoms with Crippen molar-refractivity contribution >= 4 is 33.7 Å². The van der Waals surface area contributed by atoms with Crippen LogP contribution in [0, 0.1) is 0 Å². The van der Waals surface area contributed by atoms with Crippen molar-refractivity contribution in [2.75, 3.05) is 43.8 Å². The number of amides is 2. The van der Waals surface area contributed by atoms with Gasteiger partial charge >= 0.3 is 6.18 Å². The number of carbonyl (C=O) groups excluding carboxylic acids is 2. The van der Waals surface area contributed by atoms with Crippen molar-refractivity contribution in [2.24, 2.45) is 5.10 Å². The smallest absolute Gasteiger partial charge is 0.416 e. The summed E-state index contributed by atoms with van der Waals surface area (Å²) in [6.45, 7) is 1.04. The number of carbonyl (C=O) groups is 2. The van der Waals surface area contributed by atoms with Gasteiger partial charge in [0.2, 0.25) is 0 Å². The third-order valence-corrected chi connectivity index (χ3v) is 7.88. The molecule has 3 aromatic carbocycles. The molecule has 4 rings (SSSR count). The van der Waals surface area contributed by atoms with Crippen molar-refractivity contribution in [1.82, 2.24) is 10.3 Å². The van der Waals surface area contributed by atoms with E-state index in [-0.39, 0.29) is 23.1 Å². The Balaban J connectivity index is 1.40. The normalized spacial score (nSPS) is 14.0. The van der Waals surface area contributed by atoms with Crippen LogP contribution in [-0.2, 0) is 30.5 Å². The van der Waals surface area contributed by atoms with Gasteiger partial charge in [-0.25, -0.2) is 13.8 Å². The molecule has 0 spiro atoms. The maximum atomic E-state index is 13.3. The minimum atomic E-state index is -4.72. The quantitative estimate of drug-likeness (QED) is 0.281. The second-order valence-electron chi connectivity index (χ2n) is 9.02. The first kappa shape index (κ1) is 30.5. The van der Waals surface area contributed by atoms with E-state index in [9.17, 15) is 31.2 Å². The second kappa shape index (κ2) is 13.5. The van der Waals surface area contributed by atoms with Gasteiger partial charge in [0.15, 0.2) is 6.61 Å². The topological polar surface area (TPSA) is 118 Å². The fourth-order valence-corrected chi connectivity index (χ4v) is 5.35. The Morgan fingerprint density at radius 1 is 1.00 bits per heavy atom. The zero-order valence-electron chi connectivity index (χ0n) is 22.2. The lowest BCUT2D eigenvalue weighted by molar-refractivity contribution is -0.138. The molecule has 222 valence electrons. The molecule has 2 amide bonds. The molecule has 1 N–H and O–H groups in total. The Hall–Kier alpha value is -4.43. The predicted octanol–water partition coefficient (Wildman–Crippen LogP) is 3.29. The summed E-state index contributed by atoms with van der Waals surface area (Å²) in [7, 11) is -4.41. The summed E-state index contributed by atoms with van der Waals surface area (Å²) in [5, 5.41) is 3.83. The van der Waals surface area contributed by atoms with Crippen LogP contribution in [0.15, 0.2) is 88.9 Å². The van der Waals surface area contributed by atoms with Crippen molar-refractivity contribution in [1.29, 1.82) is 0 Å². The number of hydrogen-bond donors (Lipinski definition) is 1. The molecule has 0 atom stereocenters. The standard InChI is InChI=1S/C28H27F3N4O6S/c29-28(30,31)22-5-4-6-23(17-22)35(42(38,39)25-7-2-1-3-8-25)19-26(36)33-32-18-21-9-11-24(12-10-21)41-20-27(37)34-13-15-40-16-14-34/h1-12,17-18H,13-16,19-20H2,(H,33,36)/b32-18-. The molecule has 0 saturated carbocycles.